The van der Waals surface area contributed by atoms with E-state index in [9.17, 15) is 9.59 Å². The van der Waals surface area contributed by atoms with E-state index in [0.29, 0.717) is 6.54 Å². The molecule has 1 aliphatic heterocycles. The highest BCUT2D eigenvalue weighted by Crippen LogP contribution is 2.07. The first kappa shape index (κ1) is 17.2. The van der Waals surface area contributed by atoms with Crippen molar-refractivity contribution >= 4 is 24.2 Å². The van der Waals surface area contributed by atoms with E-state index in [1.54, 1.807) is 18.9 Å². The summed E-state index contributed by atoms with van der Waals surface area (Å²) in [5, 5.41) is 5.94. The van der Waals surface area contributed by atoms with E-state index in [1.165, 1.54) is 0 Å². The predicted octanol–water partition coefficient (Wildman–Crippen LogP) is 0.533. The molecule has 2 N–H and O–H groups in total. The van der Waals surface area contributed by atoms with Crippen molar-refractivity contribution in [3.05, 3.63) is 0 Å². The molecule has 0 bridgehead atoms. The van der Waals surface area contributed by atoms with E-state index in [-0.39, 0.29) is 30.3 Å². The van der Waals surface area contributed by atoms with Crippen LogP contribution in [0.1, 0.15) is 33.1 Å². The first-order valence-corrected chi connectivity index (χ1v) is 6.35. The highest BCUT2D eigenvalue weighted by Gasteiger charge is 2.24. The van der Waals surface area contributed by atoms with Crippen molar-refractivity contribution in [3.63, 3.8) is 0 Å². The number of likely N-dealkylation sites (N-methyl/N-ethyl adjacent to an activating group) is 1. The fraction of sp³-hybridized carbons (Fsp3) is 0.833. The van der Waals surface area contributed by atoms with Crippen LogP contribution in [0.3, 0.4) is 0 Å². The maximum atomic E-state index is 11.9. The van der Waals surface area contributed by atoms with Crippen LogP contribution in [0.5, 0.6) is 0 Å². The van der Waals surface area contributed by atoms with Crippen LogP contribution >= 0.6 is 12.4 Å². The van der Waals surface area contributed by atoms with Crippen molar-refractivity contribution in [1.29, 1.82) is 0 Å². The second kappa shape index (κ2) is 8.32. The van der Waals surface area contributed by atoms with Gasteiger partial charge in [-0.1, -0.05) is 6.42 Å². The normalized spacial score (nSPS) is 20.5. The number of amides is 2. The summed E-state index contributed by atoms with van der Waals surface area (Å²) in [5.41, 5.74) is 0. The third-order valence-electron chi connectivity index (χ3n) is 3.21. The molecule has 1 heterocycles. The minimum absolute atomic E-state index is 0. The summed E-state index contributed by atoms with van der Waals surface area (Å²) in [6.07, 6.45) is 3.05. The fourth-order valence-corrected chi connectivity index (χ4v) is 1.94. The lowest BCUT2D eigenvalue weighted by molar-refractivity contribution is -0.135. The van der Waals surface area contributed by atoms with Crippen LogP contribution in [0.15, 0.2) is 0 Å². The van der Waals surface area contributed by atoms with Gasteiger partial charge in [-0.25, -0.2) is 0 Å². The van der Waals surface area contributed by atoms with Gasteiger partial charge in [0, 0.05) is 13.6 Å². The van der Waals surface area contributed by atoms with Crippen LogP contribution < -0.4 is 10.6 Å². The van der Waals surface area contributed by atoms with Crippen molar-refractivity contribution < 1.29 is 9.59 Å². The second-order valence-corrected chi connectivity index (χ2v) is 4.59. The largest absolute Gasteiger partial charge is 0.344 e. The van der Waals surface area contributed by atoms with Gasteiger partial charge < -0.3 is 15.5 Å². The summed E-state index contributed by atoms with van der Waals surface area (Å²) in [7, 11) is 1.74. The number of carbonyl (C=O) groups is 2. The van der Waals surface area contributed by atoms with Gasteiger partial charge in [0.2, 0.25) is 11.8 Å². The summed E-state index contributed by atoms with van der Waals surface area (Å²) in [4.78, 5) is 25.3. The van der Waals surface area contributed by atoms with Gasteiger partial charge in [-0.15, -0.1) is 12.4 Å². The average molecular weight is 278 g/mol. The molecule has 0 aromatic carbocycles. The third kappa shape index (κ3) is 4.82. The number of nitrogens with zero attached hydrogens (tertiary/aromatic N) is 1. The molecule has 0 aliphatic carbocycles. The monoisotopic (exact) mass is 277 g/mol. The van der Waals surface area contributed by atoms with Gasteiger partial charge in [-0.05, 0) is 33.2 Å². The maximum absolute atomic E-state index is 11.9. The Bertz CT molecular complexity index is 280. The zero-order chi connectivity index (χ0) is 12.8. The van der Waals surface area contributed by atoms with Crippen LogP contribution in [-0.4, -0.2) is 48.9 Å². The first-order valence-electron chi connectivity index (χ1n) is 6.35. The quantitative estimate of drug-likeness (QED) is 0.788. The van der Waals surface area contributed by atoms with Crippen LogP contribution in [0.2, 0.25) is 0 Å². The minimum atomic E-state index is -0.448. The zero-order valence-electron chi connectivity index (χ0n) is 11.4. The highest BCUT2D eigenvalue weighted by molar-refractivity contribution is 5.89. The Morgan fingerprint density at radius 1 is 1.44 bits per heavy atom. The molecule has 18 heavy (non-hydrogen) atoms. The molecular formula is C12H24ClN3O2. The summed E-state index contributed by atoms with van der Waals surface area (Å²) >= 11 is 0. The zero-order valence-corrected chi connectivity index (χ0v) is 12.2. The second-order valence-electron chi connectivity index (χ2n) is 4.59. The number of hydrogen-bond donors (Lipinski definition) is 2. The van der Waals surface area contributed by atoms with E-state index in [4.69, 9.17) is 0 Å². The van der Waals surface area contributed by atoms with Crippen LogP contribution in [0.25, 0.3) is 0 Å². The molecule has 6 heteroatoms. The van der Waals surface area contributed by atoms with Crippen LogP contribution in [-0.2, 0) is 9.59 Å². The molecule has 0 radical (unpaired) electrons. The van der Waals surface area contributed by atoms with Crippen molar-refractivity contribution in [1.82, 2.24) is 15.5 Å². The molecule has 2 amide bonds. The summed E-state index contributed by atoms with van der Waals surface area (Å²) in [5.74, 6) is -0.105. The van der Waals surface area contributed by atoms with E-state index >= 15 is 0 Å². The lowest BCUT2D eigenvalue weighted by Crippen LogP contribution is -2.52. The Hall–Kier alpha value is -0.810. The van der Waals surface area contributed by atoms with Gasteiger partial charge in [0.1, 0.15) is 6.04 Å². The Balaban J connectivity index is 0.00000289. The van der Waals surface area contributed by atoms with Gasteiger partial charge in [0.05, 0.1) is 6.04 Å². The van der Waals surface area contributed by atoms with E-state index in [2.05, 4.69) is 10.6 Å². The number of rotatable bonds is 4. The van der Waals surface area contributed by atoms with Crippen LogP contribution in [0, 0.1) is 0 Å². The van der Waals surface area contributed by atoms with Gasteiger partial charge in [-0.3, -0.25) is 9.59 Å². The maximum Gasteiger partial charge on any atom is 0.244 e. The molecule has 0 aromatic rings. The molecular weight excluding hydrogens is 254 g/mol. The lowest BCUT2D eigenvalue weighted by Gasteiger charge is -2.25. The molecule has 1 rings (SSSR count). The molecule has 1 aliphatic rings. The minimum Gasteiger partial charge on any atom is -0.344 e. The smallest absolute Gasteiger partial charge is 0.244 e. The summed E-state index contributed by atoms with van der Waals surface area (Å²) < 4.78 is 0. The van der Waals surface area contributed by atoms with E-state index in [1.807, 2.05) is 6.92 Å². The van der Waals surface area contributed by atoms with Gasteiger partial charge in [0.25, 0.3) is 0 Å². The number of hydrogen-bond acceptors (Lipinski definition) is 3. The van der Waals surface area contributed by atoms with Crippen molar-refractivity contribution in [2.45, 2.75) is 45.2 Å². The number of carbonyl (C=O) groups excluding carboxylic acids is 2. The molecule has 1 fully saturated rings. The Morgan fingerprint density at radius 2 is 2.11 bits per heavy atom. The molecule has 1 unspecified atom stereocenters. The number of piperidine rings is 1. The highest BCUT2D eigenvalue weighted by atomic mass is 35.5. The third-order valence-corrected chi connectivity index (χ3v) is 3.21. The number of halogens is 1. The molecule has 0 saturated carbocycles. The van der Waals surface area contributed by atoms with Crippen molar-refractivity contribution in [2.75, 3.05) is 20.1 Å². The van der Waals surface area contributed by atoms with E-state index in [0.717, 1.165) is 25.8 Å². The van der Waals surface area contributed by atoms with Crippen molar-refractivity contribution in [3.8, 4) is 0 Å². The predicted molar refractivity (Wildman–Crippen MR) is 73.8 cm³/mol. The van der Waals surface area contributed by atoms with Gasteiger partial charge in [-0.2, -0.15) is 0 Å². The molecule has 1 saturated heterocycles. The average Bonchev–Trinajstić information content (AvgIpc) is 2.37. The Morgan fingerprint density at radius 3 is 2.61 bits per heavy atom. The summed E-state index contributed by atoms with van der Waals surface area (Å²) in [6.45, 7) is 5.18. The molecule has 5 nitrogen and oxygen atoms in total. The lowest BCUT2D eigenvalue weighted by atomic mass is 10.0. The SMILES string of the molecule is CCN(C)C(=O)C(C)NC(=O)[C@@H]1CCCCN1.Cl. The van der Waals surface area contributed by atoms with Gasteiger partial charge >= 0.3 is 0 Å². The first-order chi connectivity index (χ1) is 8.06. The van der Waals surface area contributed by atoms with Crippen LogP contribution in [0.4, 0.5) is 0 Å². The van der Waals surface area contributed by atoms with E-state index < -0.39 is 6.04 Å². The molecule has 0 spiro atoms. The number of nitrogens with one attached hydrogen (secondary N) is 2. The fourth-order valence-electron chi connectivity index (χ4n) is 1.94. The Kier molecular flexibility index (Phi) is 7.95. The topological polar surface area (TPSA) is 61.4 Å². The standard InChI is InChI=1S/C12H23N3O2.ClH/c1-4-15(3)12(17)9(2)14-11(16)10-7-5-6-8-13-10;/h9-10,13H,4-8H2,1-3H3,(H,14,16);1H/t9?,10-;/m0./s1. The summed E-state index contributed by atoms with van der Waals surface area (Å²) in [6, 6.07) is -0.581. The Labute approximate surface area is 115 Å². The molecule has 2 atom stereocenters. The molecule has 0 aromatic heterocycles. The van der Waals surface area contributed by atoms with Crippen molar-refractivity contribution in [2.24, 2.45) is 0 Å². The molecule has 106 valence electrons. The van der Waals surface area contributed by atoms with Gasteiger partial charge in [0.15, 0.2) is 0 Å².